The lowest BCUT2D eigenvalue weighted by atomic mass is 9.90. The molecule has 5 nitrogen and oxygen atoms in total. The van der Waals surface area contributed by atoms with Crippen LogP contribution < -0.4 is 10.1 Å². The minimum absolute atomic E-state index is 0.0534. The second-order valence-electron chi connectivity index (χ2n) is 5.98. The van der Waals surface area contributed by atoms with Crippen LogP contribution in [0.2, 0.25) is 5.02 Å². The average Bonchev–Trinajstić information content (AvgIpc) is 2.75. The molecule has 1 amide bonds. The Hall–Kier alpha value is -1.75. The highest BCUT2D eigenvalue weighted by molar-refractivity contribution is 6.31. The number of nitrogens with one attached hydrogen (secondary N) is 1. The summed E-state index contributed by atoms with van der Waals surface area (Å²) in [6, 6.07) is 5.09. The standard InChI is InChI=1S/C17H22ClNO4/c1-23-13-7-6-12(14(18)11-13)10-15(20)19-17(16(21)22)8-4-2-3-5-9-17/h6-7,11H,2-5,8-10H2,1H3,(H,19,20)(H,21,22). The van der Waals surface area contributed by atoms with E-state index in [4.69, 9.17) is 16.3 Å². The Kier molecular flexibility index (Phi) is 5.88. The molecular formula is C17H22ClNO4. The van der Waals surface area contributed by atoms with Crippen LogP contribution in [0.4, 0.5) is 0 Å². The fourth-order valence-electron chi connectivity index (χ4n) is 3.01. The highest BCUT2D eigenvalue weighted by atomic mass is 35.5. The number of carbonyl (C=O) groups is 2. The van der Waals surface area contributed by atoms with E-state index in [1.807, 2.05) is 0 Å². The van der Waals surface area contributed by atoms with E-state index in [9.17, 15) is 14.7 Å². The van der Waals surface area contributed by atoms with Gasteiger partial charge in [0, 0.05) is 5.02 Å². The summed E-state index contributed by atoms with van der Waals surface area (Å²) in [4.78, 5) is 24.1. The minimum atomic E-state index is -1.15. The van der Waals surface area contributed by atoms with Crippen molar-refractivity contribution in [2.45, 2.75) is 50.5 Å². The van der Waals surface area contributed by atoms with Gasteiger partial charge in [-0.3, -0.25) is 4.79 Å². The first-order valence-electron chi connectivity index (χ1n) is 7.84. The molecule has 0 aliphatic heterocycles. The third-order valence-electron chi connectivity index (χ3n) is 4.36. The van der Waals surface area contributed by atoms with Crippen LogP contribution in [-0.4, -0.2) is 29.6 Å². The summed E-state index contributed by atoms with van der Waals surface area (Å²) >= 11 is 6.14. The number of carboxylic acids is 1. The second kappa shape index (κ2) is 7.68. The molecule has 23 heavy (non-hydrogen) atoms. The maximum atomic E-state index is 12.3. The zero-order valence-electron chi connectivity index (χ0n) is 13.2. The highest BCUT2D eigenvalue weighted by Crippen LogP contribution is 2.28. The van der Waals surface area contributed by atoms with Crippen molar-refractivity contribution in [1.82, 2.24) is 5.32 Å². The molecule has 0 bridgehead atoms. The van der Waals surface area contributed by atoms with Crippen molar-refractivity contribution in [3.63, 3.8) is 0 Å². The number of carbonyl (C=O) groups excluding carboxylic acids is 1. The highest BCUT2D eigenvalue weighted by Gasteiger charge is 2.39. The van der Waals surface area contributed by atoms with Crippen LogP contribution in [0.15, 0.2) is 18.2 Å². The third-order valence-corrected chi connectivity index (χ3v) is 4.71. The molecule has 0 heterocycles. The molecule has 126 valence electrons. The minimum Gasteiger partial charge on any atom is -0.497 e. The van der Waals surface area contributed by atoms with E-state index >= 15 is 0 Å². The number of methoxy groups -OCH3 is 1. The van der Waals surface area contributed by atoms with E-state index in [0.717, 1.165) is 25.7 Å². The van der Waals surface area contributed by atoms with E-state index in [-0.39, 0.29) is 12.3 Å². The molecule has 0 saturated heterocycles. The summed E-state index contributed by atoms with van der Waals surface area (Å²) in [6.07, 6.45) is 4.66. The molecule has 0 aromatic heterocycles. The quantitative estimate of drug-likeness (QED) is 0.808. The molecule has 1 saturated carbocycles. The van der Waals surface area contributed by atoms with Crippen molar-refractivity contribution >= 4 is 23.5 Å². The molecule has 1 aromatic carbocycles. The van der Waals surface area contributed by atoms with E-state index in [0.29, 0.717) is 29.2 Å². The first-order chi connectivity index (χ1) is 11.0. The van der Waals surface area contributed by atoms with Gasteiger partial charge in [0.25, 0.3) is 0 Å². The number of carboxylic acid groups (broad SMARTS) is 1. The number of rotatable bonds is 5. The molecule has 0 unspecified atom stereocenters. The number of hydrogen-bond donors (Lipinski definition) is 2. The molecule has 1 aliphatic carbocycles. The fourth-order valence-corrected chi connectivity index (χ4v) is 3.24. The van der Waals surface area contributed by atoms with Crippen LogP contribution in [0.3, 0.4) is 0 Å². The summed E-state index contributed by atoms with van der Waals surface area (Å²) in [7, 11) is 1.54. The number of amides is 1. The van der Waals surface area contributed by atoms with Crippen LogP contribution in [0.5, 0.6) is 5.75 Å². The maximum Gasteiger partial charge on any atom is 0.329 e. The molecule has 1 fully saturated rings. The molecule has 1 aliphatic rings. The van der Waals surface area contributed by atoms with Gasteiger partial charge in [-0.2, -0.15) is 0 Å². The van der Waals surface area contributed by atoms with E-state index in [1.54, 1.807) is 25.3 Å². The lowest BCUT2D eigenvalue weighted by Crippen LogP contribution is -2.54. The van der Waals surface area contributed by atoms with Gasteiger partial charge in [0.05, 0.1) is 13.5 Å². The van der Waals surface area contributed by atoms with E-state index in [1.165, 1.54) is 0 Å². The molecule has 0 radical (unpaired) electrons. The topological polar surface area (TPSA) is 75.6 Å². The number of halogens is 1. The molecule has 6 heteroatoms. The SMILES string of the molecule is COc1ccc(CC(=O)NC2(C(=O)O)CCCCCC2)c(Cl)c1. The number of aliphatic carboxylic acids is 1. The van der Waals surface area contributed by atoms with Gasteiger partial charge in [-0.15, -0.1) is 0 Å². The second-order valence-corrected chi connectivity index (χ2v) is 6.39. The van der Waals surface area contributed by atoms with E-state index in [2.05, 4.69) is 5.32 Å². The largest absolute Gasteiger partial charge is 0.497 e. The summed E-state index contributed by atoms with van der Waals surface area (Å²) in [5.74, 6) is -0.653. The zero-order valence-corrected chi connectivity index (χ0v) is 14.0. The molecule has 0 spiro atoms. The maximum absolute atomic E-state index is 12.3. The third kappa shape index (κ3) is 4.38. The van der Waals surface area contributed by atoms with Gasteiger partial charge in [-0.25, -0.2) is 4.79 Å². The Labute approximate surface area is 141 Å². The Morgan fingerprint density at radius 2 is 1.91 bits per heavy atom. The van der Waals surface area contributed by atoms with Crippen molar-refractivity contribution in [2.75, 3.05) is 7.11 Å². The van der Waals surface area contributed by atoms with Gasteiger partial charge in [-0.1, -0.05) is 43.4 Å². The van der Waals surface area contributed by atoms with Crippen LogP contribution in [0.1, 0.15) is 44.1 Å². The van der Waals surface area contributed by atoms with Crippen molar-refractivity contribution in [1.29, 1.82) is 0 Å². The van der Waals surface area contributed by atoms with Gasteiger partial charge in [0.2, 0.25) is 5.91 Å². The van der Waals surface area contributed by atoms with Crippen LogP contribution >= 0.6 is 11.6 Å². The Balaban J connectivity index is 2.09. The van der Waals surface area contributed by atoms with Crippen molar-refractivity contribution in [3.05, 3.63) is 28.8 Å². The summed E-state index contributed by atoms with van der Waals surface area (Å²) in [6.45, 7) is 0. The lowest BCUT2D eigenvalue weighted by Gasteiger charge is -2.29. The number of ether oxygens (including phenoxy) is 1. The Bertz CT molecular complexity index is 580. The fraction of sp³-hybridized carbons (Fsp3) is 0.529. The lowest BCUT2D eigenvalue weighted by molar-refractivity contribution is -0.148. The van der Waals surface area contributed by atoms with Gasteiger partial charge >= 0.3 is 5.97 Å². The van der Waals surface area contributed by atoms with Gasteiger partial charge < -0.3 is 15.2 Å². The molecular weight excluding hydrogens is 318 g/mol. The first kappa shape index (κ1) is 17.6. The van der Waals surface area contributed by atoms with Crippen LogP contribution in [-0.2, 0) is 16.0 Å². The van der Waals surface area contributed by atoms with Gasteiger partial charge in [-0.05, 0) is 30.5 Å². The van der Waals surface area contributed by atoms with Gasteiger partial charge in [0.1, 0.15) is 11.3 Å². The van der Waals surface area contributed by atoms with Crippen molar-refractivity contribution < 1.29 is 19.4 Å². The predicted molar refractivity (Wildman–Crippen MR) is 87.9 cm³/mol. The van der Waals surface area contributed by atoms with Crippen LogP contribution in [0, 0.1) is 0 Å². The van der Waals surface area contributed by atoms with Crippen molar-refractivity contribution in [2.24, 2.45) is 0 Å². The van der Waals surface area contributed by atoms with Crippen molar-refractivity contribution in [3.8, 4) is 5.75 Å². The number of benzene rings is 1. The zero-order chi connectivity index (χ0) is 16.9. The summed E-state index contributed by atoms with van der Waals surface area (Å²) in [5.41, 5.74) is -0.494. The summed E-state index contributed by atoms with van der Waals surface area (Å²) < 4.78 is 5.08. The van der Waals surface area contributed by atoms with E-state index < -0.39 is 11.5 Å². The number of hydrogen-bond acceptors (Lipinski definition) is 3. The van der Waals surface area contributed by atoms with Crippen LogP contribution in [0.25, 0.3) is 0 Å². The summed E-state index contributed by atoms with van der Waals surface area (Å²) in [5, 5.41) is 12.8. The predicted octanol–water partition coefficient (Wildman–Crippen LogP) is 3.18. The average molecular weight is 340 g/mol. The normalized spacial score (nSPS) is 17.1. The van der Waals surface area contributed by atoms with Gasteiger partial charge in [0.15, 0.2) is 0 Å². The molecule has 2 rings (SSSR count). The molecule has 1 aromatic rings. The monoisotopic (exact) mass is 339 g/mol. The Morgan fingerprint density at radius 1 is 1.26 bits per heavy atom. The Morgan fingerprint density at radius 3 is 2.43 bits per heavy atom. The smallest absolute Gasteiger partial charge is 0.329 e. The molecule has 2 N–H and O–H groups in total. The molecule has 0 atom stereocenters. The first-order valence-corrected chi connectivity index (χ1v) is 8.21.